The lowest BCUT2D eigenvalue weighted by atomic mass is 10.1. The molecule has 1 aromatic heterocycles. The summed E-state index contributed by atoms with van der Waals surface area (Å²) in [7, 11) is 3.90. The SMILES string of the molecule is CCc1ccccc1NC(=O)c1ccnc(C(=O)Nc2ccc(N(C)C)cc2)c1. The minimum Gasteiger partial charge on any atom is -0.378 e. The average molecular weight is 388 g/mol. The highest BCUT2D eigenvalue weighted by Gasteiger charge is 2.13. The number of para-hydroxylation sites is 1. The van der Waals surface area contributed by atoms with Gasteiger partial charge < -0.3 is 15.5 Å². The third-order valence-corrected chi connectivity index (χ3v) is 4.54. The van der Waals surface area contributed by atoms with Crippen LogP contribution in [0.25, 0.3) is 0 Å². The number of aryl methyl sites for hydroxylation is 1. The van der Waals surface area contributed by atoms with Crippen LogP contribution in [0.4, 0.5) is 17.1 Å². The number of nitrogens with zero attached hydrogens (tertiary/aromatic N) is 2. The number of rotatable bonds is 6. The molecule has 3 aromatic rings. The van der Waals surface area contributed by atoms with E-state index < -0.39 is 0 Å². The van der Waals surface area contributed by atoms with Gasteiger partial charge in [0.1, 0.15) is 5.69 Å². The minimum absolute atomic E-state index is 0.179. The van der Waals surface area contributed by atoms with Crippen molar-refractivity contribution < 1.29 is 9.59 Å². The first kappa shape index (κ1) is 20.1. The average Bonchev–Trinajstić information content (AvgIpc) is 2.74. The maximum Gasteiger partial charge on any atom is 0.274 e. The predicted molar refractivity (Wildman–Crippen MR) is 117 cm³/mol. The molecule has 2 amide bonds. The highest BCUT2D eigenvalue weighted by Crippen LogP contribution is 2.18. The Morgan fingerprint density at radius 2 is 1.66 bits per heavy atom. The molecule has 0 unspecified atom stereocenters. The molecule has 29 heavy (non-hydrogen) atoms. The molecule has 0 bridgehead atoms. The second kappa shape index (κ2) is 9.01. The van der Waals surface area contributed by atoms with Gasteiger partial charge in [0.2, 0.25) is 0 Å². The van der Waals surface area contributed by atoms with Crippen LogP contribution in [-0.4, -0.2) is 30.9 Å². The van der Waals surface area contributed by atoms with Gasteiger partial charge in [-0.25, -0.2) is 0 Å². The van der Waals surface area contributed by atoms with Crippen LogP contribution in [0, 0.1) is 0 Å². The van der Waals surface area contributed by atoms with Gasteiger partial charge in [-0.05, 0) is 54.4 Å². The molecule has 3 rings (SSSR count). The van der Waals surface area contributed by atoms with Crippen LogP contribution in [0.5, 0.6) is 0 Å². The number of anilines is 3. The standard InChI is InChI=1S/C23H24N4O2/c1-4-16-7-5-6-8-20(16)26-22(28)17-13-14-24-21(15-17)23(29)25-18-9-11-19(12-10-18)27(2)3/h5-15H,4H2,1-3H3,(H,25,29)(H,26,28). The summed E-state index contributed by atoms with van der Waals surface area (Å²) in [5.74, 6) is -0.649. The number of benzene rings is 2. The van der Waals surface area contributed by atoms with Crippen molar-refractivity contribution >= 4 is 28.9 Å². The Bertz CT molecular complexity index is 1010. The Kier molecular flexibility index (Phi) is 6.24. The first-order valence-corrected chi connectivity index (χ1v) is 9.42. The molecule has 0 saturated heterocycles. The maximum atomic E-state index is 12.6. The van der Waals surface area contributed by atoms with Crippen LogP contribution in [0.1, 0.15) is 33.3 Å². The van der Waals surface area contributed by atoms with E-state index in [4.69, 9.17) is 0 Å². The summed E-state index contributed by atoms with van der Waals surface area (Å²) in [6, 6.07) is 18.2. The lowest BCUT2D eigenvalue weighted by Gasteiger charge is -2.13. The Balaban J connectivity index is 1.72. The van der Waals surface area contributed by atoms with Gasteiger partial charge >= 0.3 is 0 Å². The molecule has 0 saturated carbocycles. The summed E-state index contributed by atoms with van der Waals surface area (Å²) in [6.45, 7) is 2.03. The zero-order valence-corrected chi connectivity index (χ0v) is 16.8. The fourth-order valence-corrected chi connectivity index (χ4v) is 2.88. The number of carbonyl (C=O) groups excluding carboxylic acids is 2. The highest BCUT2D eigenvalue weighted by molar-refractivity contribution is 6.08. The van der Waals surface area contributed by atoms with Crippen molar-refractivity contribution in [2.24, 2.45) is 0 Å². The molecule has 0 radical (unpaired) electrons. The zero-order valence-electron chi connectivity index (χ0n) is 16.8. The Hall–Kier alpha value is -3.67. The van der Waals surface area contributed by atoms with Crippen LogP contribution in [0.15, 0.2) is 66.9 Å². The third-order valence-electron chi connectivity index (χ3n) is 4.54. The molecule has 2 N–H and O–H groups in total. The summed E-state index contributed by atoms with van der Waals surface area (Å²) in [5, 5.41) is 5.71. The van der Waals surface area contributed by atoms with E-state index in [2.05, 4.69) is 15.6 Å². The summed E-state index contributed by atoms with van der Waals surface area (Å²) >= 11 is 0. The van der Waals surface area contributed by atoms with Gasteiger partial charge in [0, 0.05) is 42.9 Å². The normalized spacial score (nSPS) is 10.3. The van der Waals surface area contributed by atoms with Crippen LogP contribution >= 0.6 is 0 Å². The van der Waals surface area contributed by atoms with Gasteiger partial charge in [0.25, 0.3) is 11.8 Å². The van der Waals surface area contributed by atoms with Crippen LogP contribution < -0.4 is 15.5 Å². The Morgan fingerprint density at radius 3 is 2.34 bits per heavy atom. The van der Waals surface area contributed by atoms with E-state index >= 15 is 0 Å². The van der Waals surface area contributed by atoms with Gasteiger partial charge in [0.15, 0.2) is 0 Å². The molecule has 6 nitrogen and oxygen atoms in total. The van der Waals surface area contributed by atoms with Gasteiger partial charge in [-0.1, -0.05) is 25.1 Å². The number of pyridine rings is 1. The van der Waals surface area contributed by atoms with E-state index in [0.29, 0.717) is 11.3 Å². The van der Waals surface area contributed by atoms with E-state index in [1.165, 1.54) is 12.3 Å². The van der Waals surface area contributed by atoms with E-state index in [9.17, 15) is 9.59 Å². The second-order valence-electron chi connectivity index (χ2n) is 6.79. The monoisotopic (exact) mass is 388 g/mol. The maximum absolute atomic E-state index is 12.6. The van der Waals surface area contributed by atoms with Gasteiger partial charge in [-0.2, -0.15) is 0 Å². The van der Waals surface area contributed by atoms with E-state index in [1.807, 2.05) is 74.4 Å². The molecule has 0 aliphatic rings. The largest absolute Gasteiger partial charge is 0.378 e. The molecule has 1 heterocycles. The molecular weight excluding hydrogens is 364 g/mol. The fraction of sp³-hybridized carbons (Fsp3) is 0.174. The number of hydrogen-bond donors (Lipinski definition) is 2. The quantitative estimate of drug-likeness (QED) is 0.663. The topological polar surface area (TPSA) is 74.3 Å². The molecule has 148 valence electrons. The summed E-state index contributed by atoms with van der Waals surface area (Å²) < 4.78 is 0. The molecule has 0 atom stereocenters. The van der Waals surface area contributed by atoms with Crippen molar-refractivity contribution in [3.05, 3.63) is 83.7 Å². The van der Waals surface area contributed by atoms with Crippen LogP contribution in [0.3, 0.4) is 0 Å². The molecule has 6 heteroatoms. The molecule has 0 spiro atoms. The Morgan fingerprint density at radius 1 is 0.931 bits per heavy atom. The lowest BCUT2D eigenvalue weighted by molar-refractivity contribution is 0.102. The van der Waals surface area contributed by atoms with Crippen molar-refractivity contribution in [3.63, 3.8) is 0 Å². The van der Waals surface area contributed by atoms with Crippen molar-refractivity contribution in [3.8, 4) is 0 Å². The van der Waals surface area contributed by atoms with Gasteiger partial charge in [-0.3, -0.25) is 14.6 Å². The molecule has 2 aromatic carbocycles. The second-order valence-corrected chi connectivity index (χ2v) is 6.79. The predicted octanol–water partition coefficient (Wildman–Crippen LogP) is 4.21. The fourth-order valence-electron chi connectivity index (χ4n) is 2.88. The van der Waals surface area contributed by atoms with Gasteiger partial charge in [-0.15, -0.1) is 0 Å². The Labute approximate surface area is 170 Å². The minimum atomic E-state index is -0.369. The van der Waals surface area contributed by atoms with Crippen LogP contribution in [0.2, 0.25) is 0 Å². The van der Waals surface area contributed by atoms with Crippen molar-refractivity contribution in [1.29, 1.82) is 0 Å². The number of amides is 2. The zero-order chi connectivity index (χ0) is 20.8. The van der Waals surface area contributed by atoms with E-state index in [0.717, 1.165) is 23.4 Å². The highest BCUT2D eigenvalue weighted by atomic mass is 16.2. The smallest absolute Gasteiger partial charge is 0.274 e. The van der Waals surface area contributed by atoms with E-state index in [-0.39, 0.29) is 17.5 Å². The number of carbonyl (C=O) groups is 2. The van der Waals surface area contributed by atoms with Crippen molar-refractivity contribution in [1.82, 2.24) is 4.98 Å². The third kappa shape index (κ3) is 4.99. The number of hydrogen-bond acceptors (Lipinski definition) is 4. The summed E-state index contributed by atoms with van der Waals surface area (Å²) in [6.07, 6.45) is 2.28. The lowest BCUT2D eigenvalue weighted by Crippen LogP contribution is -2.17. The molecular formula is C23H24N4O2. The molecule has 0 aliphatic heterocycles. The number of aromatic nitrogens is 1. The molecule has 0 aliphatic carbocycles. The number of nitrogens with one attached hydrogen (secondary N) is 2. The van der Waals surface area contributed by atoms with Gasteiger partial charge in [0.05, 0.1) is 0 Å². The summed E-state index contributed by atoms with van der Waals surface area (Å²) in [5.41, 5.74) is 4.07. The van der Waals surface area contributed by atoms with Crippen LogP contribution in [-0.2, 0) is 6.42 Å². The van der Waals surface area contributed by atoms with Crippen molar-refractivity contribution in [2.75, 3.05) is 29.6 Å². The van der Waals surface area contributed by atoms with Crippen molar-refractivity contribution in [2.45, 2.75) is 13.3 Å². The summed E-state index contributed by atoms with van der Waals surface area (Å²) in [4.78, 5) is 31.3. The molecule has 0 fully saturated rings. The van der Waals surface area contributed by atoms with E-state index in [1.54, 1.807) is 6.07 Å². The first-order chi connectivity index (χ1) is 14.0. The first-order valence-electron chi connectivity index (χ1n) is 9.42.